The number of hydrogen-bond acceptors (Lipinski definition) is 5. The number of aryl methyl sites for hydroxylation is 1. The van der Waals surface area contributed by atoms with Crippen LogP contribution in [0.3, 0.4) is 0 Å². The molecule has 1 amide bonds. The Bertz CT molecular complexity index is 1010. The molecule has 4 rings (SSSR count). The van der Waals surface area contributed by atoms with E-state index in [0.717, 1.165) is 24.2 Å². The predicted molar refractivity (Wildman–Crippen MR) is 112 cm³/mol. The molecule has 0 aliphatic carbocycles. The lowest BCUT2D eigenvalue weighted by Gasteiger charge is -2.27. The minimum atomic E-state index is -0.282. The second kappa shape index (κ2) is 8.59. The zero-order chi connectivity index (χ0) is 20.2. The first kappa shape index (κ1) is 19.4. The summed E-state index contributed by atoms with van der Waals surface area (Å²) in [5, 5.41) is 14.6. The number of morpholine rings is 1. The lowest BCUT2D eigenvalue weighted by Crippen LogP contribution is -2.36. The number of hydrogen-bond donors (Lipinski definition) is 2. The van der Waals surface area contributed by atoms with Gasteiger partial charge in [-0.2, -0.15) is 0 Å². The van der Waals surface area contributed by atoms with Gasteiger partial charge in [0.2, 0.25) is 0 Å². The number of nitrogens with one attached hydrogen (secondary N) is 1. The van der Waals surface area contributed by atoms with Gasteiger partial charge in [0.05, 0.1) is 18.7 Å². The Morgan fingerprint density at radius 3 is 2.69 bits per heavy atom. The van der Waals surface area contributed by atoms with Crippen molar-refractivity contribution in [2.24, 2.45) is 0 Å². The first-order chi connectivity index (χ1) is 14.1. The Morgan fingerprint density at radius 1 is 1.17 bits per heavy atom. The van der Waals surface area contributed by atoms with Gasteiger partial charge in [-0.05, 0) is 30.2 Å². The Kier molecular flexibility index (Phi) is 5.74. The monoisotopic (exact) mass is 391 g/mol. The fraction of sp³-hybridized carbons (Fsp3) is 0.304. The summed E-state index contributed by atoms with van der Waals surface area (Å²) in [6.45, 7) is 5.65. The summed E-state index contributed by atoms with van der Waals surface area (Å²) in [6.07, 6.45) is 0. The number of fused-ring (bicyclic) bond motifs is 1. The molecule has 0 bridgehead atoms. The van der Waals surface area contributed by atoms with Crippen LogP contribution in [0.15, 0.2) is 48.5 Å². The molecule has 1 aliphatic rings. The van der Waals surface area contributed by atoms with Gasteiger partial charge in [0.25, 0.3) is 5.91 Å². The molecule has 0 spiro atoms. The SMILES string of the molecule is Cc1ccc2c(O)c(CN3CCOCC3)c(C(=O)NCc3ccccc3)nc2c1. The number of amides is 1. The van der Waals surface area contributed by atoms with Crippen molar-refractivity contribution in [3.8, 4) is 5.75 Å². The van der Waals surface area contributed by atoms with Gasteiger partial charge in [-0.1, -0.05) is 36.4 Å². The average Bonchev–Trinajstić information content (AvgIpc) is 2.75. The zero-order valence-corrected chi connectivity index (χ0v) is 16.5. The first-order valence-corrected chi connectivity index (χ1v) is 9.86. The number of carbonyl (C=O) groups excluding carboxylic acids is 1. The molecule has 0 radical (unpaired) electrons. The standard InChI is InChI=1S/C23H25N3O3/c1-16-7-8-18-20(13-16)25-21(23(28)24-14-17-5-3-2-4-6-17)19(22(18)27)15-26-9-11-29-12-10-26/h2-8,13H,9-12,14-15H2,1H3,(H,24,28)(H,25,27). The third kappa shape index (κ3) is 4.39. The van der Waals surface area contributed by atoms with E-state index in [2.05, 4.69) is 15.2 Å². The van der Waals surface area contributed by atoms with E-state index in [1.165, 1.54) is 0 Å². The quantitative estimate of drug-likeness (QED) is 0.699. The van der Waals surface area contributed by atoms with Crippen molar-refractivity contribution in [1.82, 2.24) is 15.2 Å². The second-order valence-electron chi connectivity index (χ2n) is 7.36. The highest BCUT2D eigenvalue weighted by atomic mass is 16.5. The van der Waals surface area contributed by atoms with Gasteiger partial charge < -0.3 is 15.2 Å². The summed E-state index contributed by atoms with van der Waals surface area (Å²) in [5.74, 6) is -0.151. The highest BCUT2D eigenvalue weighted by Crippen LogP contribution is 2.31. The summed E-state index contributed by atoms with van der Waals surface area (Å²) < 4.78 is 5.42. The Labute approximate surface area is 170 Å². The maximum atomic E-state index is 13.0. The Morgan fingerprint density at radius 2 is 1.93 bits per heavy atom. The molecule has 0 saturated carbocycles. The van der Waals surface area contributed by atoms with Crippen LogP contribution in [0.4, 0.5) is 0 Å². The van der Waals surface area contributed by atoms with E-state index in [9.17, 15) is 9.90 Å². The van der Waals surface area contributed by atoms with Crippen LogP contribution in [-0.4, -0.2) is 47.2 Å². The molecule has 2 heterocycles. The van der Waals surface area contributed by atoms with Crippen molar-refractivity contribution in [1.29, 1.82) is 0 Å². The van der Waals surface area contributed by atoms with Crippen molar-refractivity contribution >= 4 is 16.8 Å². The van der Waals surface area contributed by atoms with Gasteiger partial charge in [-0.25, -0.2) is 4.98 Å². The normalized spacial score (nSPS) is 14.8. The van der Waals surface area contributed by atoms with Crippen LogP contribution in [0, 0.1) is 6.92 Å². The number of nitrogens with zero attached hydrogens (tertiary/aromatic N) is 2. The highest BCUT2D eigenvalue weighted by Gasteiger charge is 2.23. The van der Waals surface area contributed by atoms with Crippen LogP contribution in [0.25, 0.3) is 10.9 Å². The third-order valence-corrected chi connectivity index (χ3v) is 5.21. The van der Waals surface area contributed by atoms with Crippen LogP contribution < -0.4 is 5.32 Å². The van der Waals surface area contributed by atoms with Gasteiger partial charge in [0, 0.05) is 37.1 Å². The van der Waals surface area contributed by atoms with Crippen LogP contribution >= 0.6 is 0 Å². The average molecular weight is 391 g/mol. The van der Waals surface area contributed by atoms with E-state index in [1.54, 1.807) is 0 Å². The number of benzene rings is 2. The number of aromatic hydroxyl groups is 1. The molecule has 6 nitrogen and oxygen atoms in total. The van der Waals surface area contributed by atoms with Crippen molar-refractivity contribution < 1.29 is 14.6 Å². The van der Waals surface area contributed by atoms with Crippen LogP contribution in [0.1, 0.15) is 27.2 Å². The highest BCUT2D eigenvalue weighted by molar-refractivity contribution is 5.99. The molecule has 150 valence electrons. The Hall–Kier alpha value is -2.96. The second-order valence-corrected chi connectivity index (χ2v) is 7.36. The predicted octanol–water partition coefficient (Wildman–Crippen LogP) is 3.01. The van der Waals surface area contributed by atoms with Crippen LogP contribution in [0.5, 0.6) is 5.75 Å². The molecular weight excluding hydrogens is 366 g/mol. The first-order valence-electron chi connectivity index (χ1n) is 9.86. The zero-order valence-electron chi connectivity index (χ0n) is 16.5. The van der Waals surface area contributed by atoms with E-state index in [1.807, 2.05) is 55.5 Å². The topological polar surface area (TPSA) is 74.7 Å². The number of pyridine rings is 1. The Balaban J connectivity index is 1.68. The smallest absolute Gasteiger partial charge is 0.270 e. The van der Waals surface area contributed by atoms with E-state index in [4.69, 9.17) is 4.74 Å². The van der Waals surface area contributed by atoms with Crippen LogP contribution in [-0.2, 0) is 17.8 Å². The third-order valence-electron chi connectivity index (χ3n) is 5.21. The number of aromatic nitrogens is 1. The lowest BCUT2D eigenvalue weighted by atomic mass is 10.0. The van der Waals surface area contributed by atoms with Crippen molar-refractivity contribution in [3.63, 3.8) is 0 Å². The molecule has 6 heteroatoms. The van der Waals surface area contributed by atoms with Gasteiger partial charge in [-0.15, -0.1) is 0 Å². The lowest BCUT2D eigenvalue weighted by molar-refractivity contribution is 0.0337. The minimum absolute atomic E-state index is 0.131. The number of ether oxygens (including phenoxy) is 1. The van der Waals surface area contributed by atoms with Crippen LogP contribution in [0.2, 0.25) is 0 Å². The van der Waals surface area contributed by atoms with Gasteiger partial charge in [0.15, 0.2) is 0 Å². The molecule has 0 atom stereocenters. The van der Waals surface area contributed by atoms with Crippen molar-refractivity contribution in [3.05, 3.63) is 70.9 Å². The largest absolute Gasteiger partial charge is 0.507 e. The van der Waals surface area contributed by atoms with E-state index >= 15 is 0 Å². The molecule has 29 heavy (non-hydrogen) atoms. The van der Waals surface area contributed by atoms with Crippen molar-refractivity contribution in [2.45, 2.75) is 20.0 Å². The molecule has 1 aromatic heterocycles. The number of carbonyl (C=O) groups is 1. The van der Waals surface area contributed by atoms with Gasteiger partial charge in [-0.3, -0.25) is 9.69 Å². The molecule has 1 fully saturated rings. The molecule has 1 saturated heterocycles. The molecule has 3 aromatic rings. The minimum Gasteiger partial charge on any atom is -0.507 e. The van der Waals surface area contributed by atoms with Crippen molar-refractivity contribution in [2.75, 3.05) is 26.3 Å². The molecule has 2 aromatic carbocycles. The molecule has 2 N–H and O–H groups in total. The molecular formula is C23H25N3O3. The fourth-order valence-electron chi connectivity index (χ4n) is 3.58. The summed E-state index contributed by atoms with van der Waals surface area (Å²) in [7, 11) is 0. The molecule has 1 aliphatic heterocycles. The summed E-state index contributed by atoms with van der Waals surface area (Å²) in [5.41, 5.74) is 3.51. The van der Waals surface area contributed by atoms with E-state index in [0.29, 0.717) is 42.8 Å². The summed E-state index contributed by atoms with van der Waals surface area (Å²) in [4.78, 5) is 19.9. The maximum Gasteiger partial charge on any atom is 0.270 e. The number of rotatable bonds is 5. The van der Waals surface area contributed by atoms with E-state index < -0.39 is 0 Å². The van der Waals surface area contributed by atoms with E-state index in [-0.39, 0.29) is 17.4 Å². The fourth-order valence-corrected chi connectivity index (χ4v) is 3.58. The summed E-state index contributed by atoms with van der Waals surface area (Å²) in [6, 6.07) is 15.4. The van der Waals surface area contributed by atoms with Gasteiger partial charge in [0.1, 0.15) is 11.4 Å². The molecule has 0 unspecified atom stereocenters. The summed E-state index contributed by atoms with van der Waals surface area (Å²) >= 11 is 0. The van der Waals surface area contributed by atoms with Gasteiger partial charge >= 0.3 is 0 Å². The maximum absolute atomic E-state index is 13.0.